The summed E-state index contributed by atoms with van der Waals surface area (Å²) in [6.45, 7) is 7.03. The first-order chi connectivity index (χ1) is 10.1. The van der Waals surface area contributed by atoms with E-state index in [0.29, 0.717) is 26.3 Å². The third kappa shape index (κ3) is 7.22. The van der Waals surface area contributed by atoms with E-state index in [4.69, 9.17) is 14.2 Å². The number of hydrogen-bond acceptors (Lipinski definition) is 6. The van der Waals surface area contributed by atoms with E-state index in [1.165, 1.54) is 0 Å². The zero-order valence-electron chi connectivity index (χ0n) is 13.4. The highest BCUT2D eigenvalue weighted by Gasteiger charge is 2.27. The molecule has 0 saturated carbocycles. The van der Waals surface area contributed by atoms with Crippen molar-refractivity contribution < 1.29 is 24.1 Å². The molecular formula is C15H29NO5. The van der Waals surface area contributed by atoms with Gasteiger partial charge in [0.15, 0.2) is 0 Å². The number of carbonyl (C=O) groups excluding carboxylic acids is 1. The molecule has 1 aliphatic heterocycles. The molecule has 0 amide bonds. The lowest BCUT2D eigenvalue weighted by Crippen LogP contribution is -2.44. The quantitative estimate of drug-likeness (QED) is 0.632. The number of nitrogens with zero attached hydrogens (tertiary/aromatic N) is 1. The van der Waals surface area contributed by atoms with Crippen LogP contribution in [0.15, 0.2) is 0 Å². The van der Waals surface area contributed by atoms with E-state index < -0.39 is 6.10 Å². The predicted octanol–water partition coefficient (Wildman–Crippen LogP) is 0.674. The number of aliphatic hydroxyl groups is 1. The lowest BCUT2D eigenvalue weighted by atomic mass is 9.98. The van der Waals surface area contributed by atoms with Gasteiger partial charge in [-0.25, -0.2) is 0 Å². The number of likely N-dealkylation sites (tertiary alicyclic amines) is 1. The van der Waals surface area contributed by atoms with Crippen molar-refractivity contribution >= 4 is 5.97 Å². The molecule has 0 aromatic heterocycles. The van der Waals surface area contributed by atoms with Gasteiger partial charge in [0.05, 0.1) is 37.9 Å². The van der Waals surface area contributed by atoms with Gasteiger partial charge in [0.1, 0.15) is 0 Å². The SMILES string of the molecule is CCOC(=O)[C@@H]1CCCN(CC(O)COC(C)COC)C1. The predicted molar refractivity (Wildman–Crippen MR) is 79.1 cm³/mol. The molecule has 0 aliphatic carbocycles. The minimum absolute atomic E-state index is 0.0294. The normalized spacial score (nSPS) is 22.8. The van der Waals surface area contributed by atoms with Crippen LogP contribution in [0.4, 0.5) is 0 Å². The zero-order chi connectivity index (χ0) is 15.7. The Labute approximate surface area is 127 Å². The number of β-amino-alcohol motifs (C(OH)–C–C–N with tert-alkyl or cyclic N) is 1. The van der Waals surface area contributed by atoms with Crippen molar-refractivity contribution in [1.82, 2.24) is 4.90 Å². The van der Waals surface area contributed by atoms with E-state index in [2.05, 4.69) is 4.90 Å². The van der Waals surface area contributed by atoms with Crippen LogP contribution in [0.3, 0.4) is 0 Å². The zero-order valence-corrected chi connectivity index (χ0v) is 13.4. The van der Waals surface area contributed by atoms with Crippen LogP contribution < -0.4 is 0 Å². The Morgan fingerprint density at radius 3 is 2.86 bits per heavy atom. The Hall–Kier alpha value is -0.690. The summed E-state index contributed by atoms with van der Waals surface area (Å²) in [4.78, 5) is 13.9. The highest BCUT2D eigenvalue weighted by Crippen LogP contribution is 2.18. The Morgan fingerprint density at radius 2 is 2.19 bits per heavy atom. The summed E-state index contributed by atoms with van der Waals surface area (Å²) in [5, 5.41) is 10.0. The smallest absolute Gasteiger partial charge is 0.310 e. The molecule has 2 unspecified atom stereocenters. The van der Waals surface area contributed by atoms with Crippen molar-refractivity contribution in [2.24, 2.45) is 5.92 Å². The number of aliphatic hydroxyl groups excluding tert-OH is 1. The second kappa shape index (κ2) is 10.1. The van der Waals surface area contributed by atoms with Gasteiger partial charge in [-0.3, -0.25) is 9.69 Å². The molecular weight excluding hydrogens is 274 g/mol. The van der Waals surface area contributed by atoms with Crippen molar-refractivity contribution in [2.45, 2.75) is 38.9 Å². The molecule has 124 valence electrons. The fourth-order valence-electron chi connectivity index (χ4n) is 2.58. The Morgan fingerprint density at radius 1 is 1.43 bits per heavy atom. The number of piperidine rings is 1. The maximum atomic E-state index is 11.8. The summed E-state index contributed by atoms with van der Waals surface area (Å²) in [6.07, 6.45) is 1.24. The maximum Gasteiger partial charge on any atom is 0.310 e. The molecule has 6 heteroatoms. The Kier molecular flexibility index (Phi) is 8.84. The van der Waals surface area contributed by atoms with E-state index >= 15 is 0 Å². The van der Waals surface area contributed by atoms with Crippen molar-refractivity contribution in [3.05, 3.63) is 0 Å². The van der Waals surface area contributed by atoms with Crippen LogP contribution in [0.5, 0.6) is 0 Å². The van der Waals surface area contributed by atoms with E-state index in [9.17, 15) is 9.90 Å². The van der Waals surface area contributed by atoms with Crippen LogP contribution in [0, 0.1) is 5.92 Å². The number of ether oxygens (including phenoxy) is 3. The Bertz CT molecular complexity index is 300. The second-order valence-corrected chi connectivity index (χ2v) is 5.60. The van der Waals surface area contributed by atoms with Crippen LogP contribution in [0.25, 0.3) is 0 Å². The third-order valence-corrected chi connectivity index (χ3v) is 3.57. The average Bonchev–Trinajstić information content (AvgIpc) is 2.46. The maximum absolute atomic E-state index is 11.8. The number of hydrogen-bond donors (Lipinski definition) is 1. The lowest BCUT2D eigenvalue weighted by Gasteiger charge is -2.32. The minimum Gasteiger partial charge on any atom is -0.466 e. The first-order valence-corrected chi connectivity index (χ1v) is 7.74. The standard InChI is InChI=1S/C15H29NO5/c1-4-20-15(18)13-6-5-7-16(8-13)9-14(17)11-21-12(2)10-19-3/h12-14,17H,4-11H2,1-3H3/t12?,13-,14?/m1/s1. The molecule has 0 radical (unpaired) electrons. The fourth-order valence-corrected chi connectivity index (χ4v) is 2.58. The molecule has 0 aromatic carbocycles. The van der Waals surface area contributed by atoms with Gasteiger partial charge >= 0.3 is 5.97 Å². The molecule has 6 nitrogen and oxygen atoms in total. The topological polar surface area (TPSA) is 68.2 Å². The van der Waals surface area contributed by atoms with Gasteiger partial charge < -0.3 is 19.3 Å². The minimum atomic E-state index is -0.551. The van der Waals surface area contributed by atoms with Crippen LogP contribution in [-0.4, -0.2) is 74.7 Å². The summed E-state index contributed by atoms with van der Waals surface area (Å²) < 4.78 is 15.6. The molecule has 1 fully saturated rings. The highest BCUT2D eigenvalue weighted by atomic mass is 16.5. The number of rotatable bonds is 9. The van der Waals surface area contributed by atoms with Gasteiger partial charge in [-0.05, 0) is 33.2 Å². The number of methoxy groups -OCH3 is 1. The molecule has 0 aromatic rings. The molecule has 0 spiro atoms. The monoisotopic (exact) mass is 303 g/mol. The van der Waals surface area contributed by atoms with Crippen LogP contribution >= 0.6 is 0 Å². The molecule has 1 N–H and O–H groups in total. The molecule has 21 heavy (non-hydrogen) atoms. The molecule has 1 heterocycles. The van der Waals surface area contributed by atoms with Crippen LogP contribution in [0.1, 0.15) is 26.7 Å². The summed E-state index contributed by atoms with van der Waals surface area (Å²) in [5.74, 6) is -0.194. The lowest BCUT2D eigenvalue weighted by molar-refractivity contribution is -0.150. The number of carbonyl (C=O) groups is 1. The summed E-state index contributed by atoms with van der Waals surface area (Å²) in [5.41, 5.74) is 0. The molecule has 3 atom stereocenters. The van der Waals surface area contributed by atoms with Crippen molar-refractivity contribution in [1.29, 1.82) is 0 Å². The van der Waals surface area contributed by atoms with Gasteiger partial charge in [0.25, 0.3) is 0 Å². The second-order valence-electron chi connectivity index (χ2n) is 5.60. The number of esters is 1. The van der Waals surface area contributed by atoms with Crippen molar-refractivity contribution in [2.75, 3.05) is 46.6 Å². The molecule has 1 rings (SSSR count). The van der Waals surface area contributed by atoms with E-state index in [0.717, 1.165) is 19.4 Å². The van der Waals surface area contributed by atoms with E-state index in [1.54, 1.807) is 7.11 Å². The first kappa shape index (κ1) is 18.4. The van der Waals surface area contributed by atoms with Gasteiger partial charge in [-0.15, -0.1) is 0 Å². The average molecular weight is 303 g/mol. The van der Waals surface area contributed by atoms with Crippen LogP contribution in [-0.2, 0) is 19.0 Å². The van der Waals surface area contributed by atoms with Gasteiger partial charge in [-0.1, -0.05) is 0 Å². The third-order valence-electron chi connectivity index (χ3n) is 3.57. The van der Waals surface area contributed by atoms with E-state index in [-0.39, 0.29) is 24.6 Å². The first-order valence-electron chi connectivity index (χ1n) is 7.74. The van der Waals surface area contributed by atoms with Crippen molar-refractivity contribution in [3.8, 4) is 0 Å². The van der Waals surface area contributed by atoms with Gasteiger partial charge in [0.2, 0.25) is 0 Å². The summed E-state index contributed by atoms with van der Waals surface area (Å²) >= 11 is 0. The summed E-state index contributed by atoms with van der Waals surface area (Å²) in [6, 6.07) is 0. The Balaban J connectivity index is 2.28. The van der Waals surface area contributed by atoms with Crippen LogP contribution in [0.2, 0.25) is 0 Å². The fraction of sp³-hybridized carbons (Fsp3) is 0.933. The highest BCUT2D eigenvalue weighted by molar-refractivity contribution is 5.72. The van der Waals surface area contributed by atoms with Gasteiger partial charge in [-0.2, -0.15) is 0 Å². The summed E-state index contributed by atoms with van der Waals surface area (Å²) in [7, 11) is 1.62. The molecule has 0 bridgehead atoms. The molecule has 1 aliphatic rings. The molecule has 1 saturated heterocycles. The largest absolute Gasteiger partial charge is 0.466 e. The van der Waals surface area contributed by atoms with Gasteiger partial charge in [0, 0.05) is 20.2 Å². The van der Waals surface area contributed by atoms with Crippen molar-refractivity contribution in [3.63, 3.8) is 0 Å². The van der Waals surface area contributed by atoms with E-state index in [1.807, 2.05) is 13.8 Å².